The van der Waals surface area contributed by atoms with Crippen molar-refractivity contribution in [2.45, 2.75) is 32.5 Å². The van der Waals surface area contributed by atoms with Crippen LogP contribution >= 0.6 is 0 Å². The number of aliphatic hydroxyl groups is 2. The van der Waals surface area contributed by atoms with E-state index in [0.717, 1.165) is 5.56 Å². The van der Waals surface area contributed by atoms with E-state index < -0.39 is 12.2 Å². The van der Waals surface area contributed by atoms with Gasteiger partial charge < -0.3 is 21.3 Å². The summed E-state index contributed by atoms with van der Waals surface area (Å²) in [5.74, 6) is -0.156. The molecule has 2 atom stereocenters. The Morgan fingerprint density at radius 1 is 1.44 bits per heavy atom. The van der Waals surface area contributed by atoms with Crippen LogP contribution in [-0.4, -0.2) is 28.8 Å². The monoisotopic (exact) mass is 252 g/mol. The fourth-order valence-corrected chi connectivity index (χ4v) is 1.62. The minimum Gasteiger partial charge on any atom is -0.399 e. The van der Waals surface area contributed by atoms with E-state index in [-0.39, 0.29) is 12.3 Å². The van der Waals surface area contributed by atoms with Crippen molar-refractivity contribution in [1.29, 1.82) is 0 Å². The van der Waals surface area contributed by atoms with E-state index >= 15 is 0 Å². The van der Waals surface area contributed by atoms with Crippen LogP contribution in [0.4, 0.5) is 5.69 Å². The van der Waals surface area contributed by atoms with Crippen LogP contribution in [0.25, 0.3) is 0 Å². The molecule has 0 saturated heterocycles. The largest absolute Gasteiger partial charge is 0.399 e. The molecule has 5 N–H and O–H groups in total. The quantitative estimate of drug-likeness (QED) is 0.574. The number of carbonyl (C=O) groups excluding carboxylic acids is 1. The molecule has 0 fully saturated rings. The lowest BCUT2D eigenvalue weighted by Gasteiger charge is -2.19. The van der Waals surface area contributed by atoms with Gasteiger partial charge in [0.2, 0.25) is 5.91 Å². The molecule has 0 aromatic heterocycles. The van der Waals surface area contributed by atoms with Gasteiger partial charge >= 0.3 is 0 Å². The Hall–Kier alpha value is -1.59. The van der Waals surface area contributed by atoms with Gasteiger partial charge in [0, 0.05) is 19.2 Å². The summed E-state index contributed by atoms with van der Waals surface area (Å²) in [6.07, 6.45) is -1.64. The fraction of sp³-hybridized carbons (Fsp3) is 0.462. The van der Waals surface area contributed by atoms with Gasteiger partial charge in [-0.25, -0.2) is 0 Å². The predicted octanol–water partition coefficient (Wildman–Crippen LogP) is 0.498. The molecule has 1 aromatic rings. The van der Waals surface area contributed by atoms with Crippen molar-refractivity contribution in [2.75, 3.05) is 12.3 Å². The molecule has 1 aromatic carbocycles. The second-order valence-corrected chi connectivity index (χ2v) is 4.40. The molecule has 0 radical (unpaired) electrons. The van der Waals surface area contributed by atoms with E-state index in [1.54, 1.807) is 18.2 Å². The summed E-state index contributed by atoms with van der Waals surface area (Å²) < 4.78 is 0. The average Bonchev–Trinajstić information content (AvgIpc) is 2.31. The zero-order valence-electron chi connectivity index (χ0n) is 10.7. The van der Waals surface area contributed by atoms with Crippen molar-refractivity contribution in [3.05, 3.63) is 29.3 Å². The topological polar surface area (TPSA) is 95.6 Å². The number of aryl methyl sites for hydroxylation is 1. The number of aliphatic hydroxyl groups excluding tert-OH is 2. The minimum atomic E-state index is -0.998. The number of carbonyl (C=O) groups is 1. The Morgan fingerprint density at radius 2 is 2.11 bits per heavy atom. The summed E-state index contributed by atoms with van der Waals surface area (Å²) in [4.78, 5) is 10.7. The van der Waals surface area contributed by atoms with Gasteiger partial charge in [-0.3, -0.25) is 4.79 Å². The van der Waals surface area contributed by atoms with Crippen LogP contribution in [-0.2, 0) is 4.79 Å². The van der Waals surface area contributed by atoms with Gasteiger partial charge in [-0.15, -0.1) is 0 Å². The molecule has 0 spiro atoms. The molecule has 0 bridgehead atoms. The van der Waals surface area contributed by atoms with Crippen molar-refractivity contribution in [3.63, 3.8) is 0 Å². The highest BCUT2D eigenvalue weighted by molar-refractivity contribution is 5.72. The molecule has 5 heteroatoms. The molecular weight excluding hydrogens is 232 g/mol. The third-order valence-electron chi connectivity index (χ3n) is 2.82. The molecular formula is C13H20N2O3. The predicted molar refractivity (Wildman–Crippen MR) is 69.9 cm³/mol. The lowest BCUT2D eigenvalue weighted by atomic mass is 10.00. The number of benzene rings is 1. The van der Waals surface area contributed by atoms with Crippen molar-refractivity contribution in [2.24, 2.45) is 0 Å². The first kappa shape index (κ1) is 14.5. The maximum atomic E-state index is 10.7. The number of hydrogen-bond acceptors (Lipinski definition) is 4. The molecule has 0 aliphatic rings. The van der Waals surface area contributed by atoms with Crippen LogP contribution in [0.15, 0.2) is 18.2 Å². The molecule has 0 aliphatic carbocycles. The second-order valence-electron chi connectivity index (χ2n) is 4.40. The Balaban J connectivity index is 2.59. The summed E-state index contributed by atoms with van der Waals surface area (Å²) in [7, 11) is 0. The SMILES string of the molecule is CC(=O)NCCC(O)C(O)c1ccc(C)c(N)c1. The summed E-state index contributed by atoms with van der Waals surface area (Å²) in [6.45, 7) is 3.61. The smallest absolute Gasteiger partial charge is 0.216 e. The highest BCUT2D eigenvalue weighted by atomic mass is 16.3. The van der Waals surface area contributed by atoms with Crippen molar-refractivity contribution < 1.29 is 15.0 Å². The zero-order chi connectivity index (χ0) is 13.7. The molecule has 18 heavy (non-hydrogen) atoms. The van der Waals surface area contributed by atoms with Gasteiger partial charge in [-0.05, 0) is 30.5 Å². The van der Waals surface area contributed by atoms with E-state index in [4.69, 9.17) is 5.73 Å². The van der Waals surface area contributed by atoms with E-state index in [0.29, 0.717) is 17.8 Å². The Bertz CT molecular complexity index is 421. The van der Waals surface area contributed by atoms with Crippen LogP contribution in [0.5, 0.6) is 0 Å². The molecule has 1 amide bonds. The van der Waals surface area contributed by atoms with Gasteiger partial charge in [0.25, 0.3) is 0 Å². The van der Waals surface area contributed by atoms with Gasteiger partial charge in [0.1, 0.15) is 6.10 Å². The fourth-order valence-electron chi connectivity index (χ4n) is 1.62. The molecule has 0 aliphatic heterocycles. The number of nitrogens with one attached hydrogen (secondary N) is 1. The number of nitrogen functional groups attached to an aromatic ring is 1. The third kappa shape index (κ3) is 4.01. The van der Waals surface area contributed by atoms with Gasteiger partial charge in [-0.1, -0.05) is 12.1 Å². The van der Waals surface area contributed by atoms with Crippen LogP contribution in [0.2, 0.25) is 0 Å². The lowest BCUT2D eigenvalue weighted by molar-refractivity contribution is -0.119. The Labute approximate surface area is 107 Å². The summed E-state index contributed by atoms with van der Waals surface area (Å²) in [5, 5.41) is 22.3. The van der Waals surface area contributed by atoms with Gasteiger partial charge in [0.15, 0.2) is 0 Å². The third-order valence-corrected chi connectivity index (χ3v) is 2.82. The first-order valence-corrected chi connectivity index (χ1v) is 5.88. The van der Waals surface area contributed by atoms with Gasteiger partial charge in [-0.2, -0.15) is 0 Å². The summed E-state index contributed by atoms with van der Waals surface area (Å²) >= 11 is 0. The first-order chi connectivity index (χ1) is 8.41. The maximum Gasteiger partial charge on any atom is 0.216 e. The van der Waals surface area contributed by atoms with Gasteiger partial charge in [0.05, 0.1) is 6.10 Å². The highest BCUT2D eigenvalue weighted by Crippen LogP contribution is 2.22. The molecule has 5 nitrogen and oxygen atoms in total. The average molecular weight is 252 g/mol. The summed E-state index contributed by atoms with van der Waals surface area (Å²) in [5.41, 5.74) is 7.84. The maximum absolute atomic E-state index is 10.7. The summed E-state index contributed by atoms with van der Waals surface area (Å²) in [6, 6.07) is 5.19. The number of nitrogens with two attached hydrogens (primary N) is 1. The Kier molecular flexibility index (Phi) is 5.12. The van der Waals surface area contributed by atoms with E-state index in [9.17, 15) is 15.0 Å². The normalized spacial score (nSPS) is 14.0. The molecule has 2 unspecified atom stereocenters. The standard InChI is InChI=1S/C13H20N2O3/c1-8-3-4-10(7-11(8)14)13(18)12(17)5-6-15-9(2)16/h3-4,7,12-13,17-18H,5-6,14H2,1-2H3,(H,15,16). The molecule has 100 valence electrons. The minimum absolute atomic E-state index is 0.156. The van der Waals surface area contributed by atoms with Crippen molar-refractivity contribution >= 4 is 11.6 Å². The highest BCUT2D eigenvalue weighted by Gasteiger charge is 2.18. The molecule has 0 saturated carbocycles. The number of anilines is 1. The molecule has 0 heterocycles. The van der Waals surface area contributed by atoms with Crippen LogP contribution < -0.4 is 11.1 Å². The zero-order valence-corrected chi connectivity index (χ0v) is 10.7. The van der Waals surface area contributed by atoms with Crippen LogP contribution in [0, 0.1) is 6.92 Å². The number of rotatable bonds is 5. The van der Waals surface area contributed by atoms with E-state index in [1.807, 2.05) is 6.92 Å². The van der Waals surface area contributed by atoms with Crippen LogP contribution in [0.1, 0.15) is 30.6 Å². The van der Waals surface area contributed by atoms with Crippen molar-refractivity contribution in [3.8, 4) is 0 Å². The number of hydrogen-bond donors (Lipinski definition) is 4. The van der Waals surface area contributed by atoms with Crippen molar-refractivity contribution in [1.82, 2.24) is 5.32 Å². The first-order valence-electron chi connectivity index (χ1n) is 5.88. The number of amides is 1. The lowest BCUT2D eigenvalue weighted by Crippen LogP contribution is -2.27. The molecule has 1 rings (SSSR count). The van der Waals surface area contributed by atoms with Crippen LogP contribution in [0.3, 0.4) is 0 Å². The van der Waals surface area contributed by atoms with E-state index in [1.165, 1.54) is 6.92 Å². The van der Waals surface area contributed by atoms with E-state index in [2.05, 4.69) is 5.32 Å². The second kappa shape index (κ2) is 6.37. The Morgan fingerprint density at radius 3 is 2.67 bits per heavy atom.